The number of para-hydroxylation sites is 1. The Morgan fingerprint density at radius 2 is 1.93 bits per heavy atom. The van der Waals surface area contributed by atoms with Gasteiger partial charge in [-0.2, -0.15) is 0 Å². The lowest BCUT2D eigenvalue weighted by Gasteiger charge is -2.20. The zero-order valence-electron chi connectivity index (χ0n) is 16.8. The van der Waals surface area contributed by atoms with Crippen molar-refractivity contribution in [2.45, 2.75) is 33.7 Å². The highest BCUT2D eigenvalue weighted by Crippen LogP contribution is 2.29. The summed E-state index contributed by atoms with van der Waals surface area (Å²) < 4.78 is 1.89. The molecule has 0 unspecified atom stereocenters. The average Bonchev–Trinajstić information content (AvgIpc) is 2.68. The van der Waals surface area contributed by atoms with Crippen LogP contribution in [0.3, 0.4) is 0 Å². The molecule has 0 aromatic heterocycles. The van der Waals surface area contributed by atoms with Crippen LogP contribution in [0.1, 0.15) is 36.7 Å². The number of hydrogen-bond acceptors (Lipinski definition) is 4. The summed E-state index contributed by atoms with van der Waals surface area (Å²) in [4.78, 5) is 28.9. The first-order valence-electron chi connectivity index (χ1n) is 9.41. The van der Waals surface area contributed by atoms with Gasteiger partial charge in [-0.25, -0.2) is 9.78 Å². The van der Waals surface area contributed by atoms with Gasteiger partial charge < -0.3 is 14.8 Å². The summed E-state index contributed by atoms with van der Waals surface area (Å²) in [6, 6.07) is 8.08. The van der Waals surface area contributed by atoms with Crippen LogP contribution in [0.25, 0.3) is 22.4 Å². The van der Waals surface area contributed by atoms with E-state index in [1.165, 1.54) is 12.1 Å². The predicted octanol–water partition coefficient (Wildman–Crippen LogP) is 3.65. The van der Waals surface area contributed by atoms with Crippen molar-refractivity contribution in [1.82, 2.24) is 9.55 Å². The number of carboxylic acid groups (broad SMARTS) is 1. The lowest BCUT2D eigenvalue weighted by atomic mass is 10.0. The van der Waals surface area contributed by atoms with Gasteiger partial charge in [-0.1, -0.05) is 29.4 Å². The molecule has 29 heavy (non-hydrogen) atoms. The van der Waals surface area contributed by atoms with Gasteiger partial charge in [0.15, 0.2) is 5.43 Å². The number of fused-ring (bicyclic) bond motifs is 2. The number of hydrogen-bond donors (Lipinski definition) is 2. The molecule has 0 saturated heterocycles. The van der Waals surface area contributed by atoms with Crippen molar-refractivity contribution in [1.29, 1.82) is 0 Å². The molecule has 3 rings (SSSR count). The highest BCUT2D eigenvalue weighted by molar-refractivity contribution is 6.01. The molecule has 1 aliphatic heterocycles. The normalized spacial score (nSPS) is 11.8. The number of carboxylic acids is 1. The van der Waals surface area contributed by atoms with E-state index in [2.05, 4.69) is 4.98 Å². The van der Waals surface area contributed by atoms with Gasteiger partial charge in [-0.15, -0.1) is 0 Å². The molecule has 6 heteroatoms. The second-order valence-electron chi connectivity index (χ2n) is 7.35. The van der Waals surface area contributed by atoms with Crippen molar-refractivity contribution in [3.8, 4) is 11.4 Å². The van der Waals surface area contributed by atoms with E-state index in [0.717, 1.165) is 16.7 Å². The fraction of sp³-hybridized carbons (Fsp3) is 0.261. The Balaban J connectivity index is 2.40. The number of nitrogens with zero attached hydrogens (tertiary/aromatic N) is 2. The minimum absolute atomic E-state index is 0.0689. The summed E-state index contributed by atoms with van der Waals surface area (Å²) in [7, 11) is 0. The molecule has 150 valence electrons. The first-order chi connectivity index (χ1) is 13.8. The maximum Gasteiger partial charge on any atom is 0.337 e. The van der Waals surface area contributed by atoms with Gasteiger partial charge >= 0.3 is 5.97 Å². The monoisotopic (exact) mass is 392 g/mol. The van der Waals surface area contributed by atoms with Gasteiger partial charge in [0.1, 0.15) is 5.52 Å². The van der Waals surface area contributed by atoms with Crippen LogP contribution in [0.5, 0.6) is 0 Å². The minimum atomic E-state index is -1.05. The lowest BCUT2D eigenvalue weighted by molar-refractivity contribution is 0.0699. The number of carbonyl (C=O) groups is 1. The van der Waals surface area contributed by atoms with Gasteiger partial charge in [0.25, 0.3) is 0 Å². The van der Waals surface area contributed by atoms with E-state index < -0.39 is 5.97 Å². The number of aromatic carboxylic acids is 1. The van der Waals surface area contributed by atoms with E-state index >= 15 is 0 Å². The van der Waals surface area contributed by atoms with E-state index in [1.54, 1.807) is 18.2 Å². The third-order valence-corrected chi connectivity index (χ3v) is 4.79. The predicted molar refractivity (Wildman–Crippen MR) is 114 cm³/mol. The van der Waals surface area contributed by atoms with Gasteiger partial charge in [-0.3, -0.25) is 4.79 Å². The Bertz CT molecular complexity index is 1170. The molecule has 0 atom stereocenters. The maximum atomic E-state index is 12.4. The quantitative estimate of drug-likeness (QED) is 0.493. The van der Waals surface area contributed by atoms with Gasteiger partial charge in [0.05, 0.1) is 29.1 Å². The number of benzene rings is 2. The smallest absolute Gasteiger partial charge is 0.337 e. The van der Waals surface area contributed by atoms with Crippen LogP contribution in [-0.2, 0) is 13.0 Å². The number of aromatic nitrogens is 2. The van der Waals surface area contributed by atoms with Crippen LogP contribution in [0, 0.1) is 0 Å². The highest BCUT2D eigenvalue weighted by Gasteiger charge is 2.20. The first kappa shape index (κ1) is 20.5. The summed E-state index contributed by atoms with van der Waals surface area (Å²) in [5.74, 6) is -1.05. The Morgan fingerprint density at radius 3 is 2.59 bits per heavy atom. The van der Waals surface area contributed by atoms with Crippen molar-refractivity contribution in [3.05, 3.63) is 75.0 Å². The van der Waals surface area contributed by atoms with Crippen LogP contribution in [0.2, 0.25) is 0 Å². The van der Waals surface area contributed by atoms with Crippen molar-refractivity contribution in [3.63, 3.8) is 0 Å². The topological polar surface area (TPSA) is 92.4 Å². The molecule has 0 bridgehead atoms. The fourth-order valence-corrected chi connectivity index (χ4v) is 3.24. The van der Waals surface area contributed by atoms with Crippen molar-refractivity contribution >= 4 is 17.0 Å². The molecule has 1 aromatic carbocycles. The number of aliphatic hydroxyl groups is 1. The summed E-state index contributed by atoms with van der Waals surface area (Å²) in [5.41, 5.74) is 4.90. The van der Waals surface area contributed by atoms with Gasteiger partial charge in [0, 0.05) is 12.6 Å². The number of rotatable bonds is 6. The average molecular weight is 392 g/mol. The molecular weight excluding hydrogens is 368 g/mol. The molecule has 1 heterocycles. The van der Waals surface area contributed by atoms with Crippen LogP contribution < -0.4 is 5.43 Å². The van der Waals surface area contributed by atoms with E-state index in [-0.39, 0.29) is 17.6 Å². The highest BCUT2D eigenvalue weighted by atomic mass is 16.4. The Hall–Kier alpha value is -3.25. The molecule has 0 radical (unpaired) electrons. The van der Waals surface area contributed by atoms with E-state index in [4.69, 9.17) is 0 Å². The Morgan fingerprint density at radius 1 is 1.17 bits per heavy atom. The third-order valence-electron chi connectivity index (χ3n) is 4.79. The molecular formula is C23H24N2O4. The summed E-state index contributed by atoms with van der Waals surface area (Å²) in [6.07, 6.45) is 4.41. The summed E-state index contributed by atoms with van der Waals surface area (Å²) >= 11 is 0. The van der Waals surface area contributed by atoms with Crippen LogP contribution in [0.15, 0.2) is 58.4 Å². The lowest BCUT2D eigenvalue weighted by Crippen LogP contribution is -2.15. The van der Waals surface area contributed by atoms with Crippen LogP contribution in [0.4, 0.5) is 0 Å². The standard InChI is InChI=1S/C23H24N2O4/c1-14(2)7-8-16-11-17(27)12-20-21(16)24-22-18(23(28)29)5-4-6-19(22)25(20)10-9-15(3)13-26/h4-7,9,11-12,26H,8,10,13H2,1-3H3,(H,28,29). The number of allylic oxidation sites excluding steroid dienone is 3. The summed E-state index contributed by atoms with van der Waals surface area (Å²) in [5, 5.41) is 19.0. The van der Waals surface area contributed by atoms with E-state index in [9.17, 15) is 19.8 Å². The molecule has 0 amide bonds. The molecule has 1 aromatic rings. The first-order valence-corrected chi connectivity index (χ1v) is 9.41. The second-order valence-corrected chi connectivity index (χ2v) is 7.35. The Kier molecular flexibility index (Phi) is 5.94. The van der Waals surface area contributed by atoms with E-state index in [0.29, 0.717) is 35.4 Å². The molecule has 0 saturated carbocycles. The number of aliphatic hydroxyl groups excluding tert-OH is 1. The molecule has 2 aliphatic rings. The SMILES string of the molecule is CC(C)=CCc1cc(=O)cc2n(CC=C(C)CO)c3cccc(C(=O)O)c3nc1-2. The van der Waals surface area contributed by atoms with Crippen molar-refractivity contribution < 1.29 is 15.0 Å². The van der Waals surface area contributed by atoms with Gasteiger partial charge in [-0.05, 0) is 51.0 Å². The van der Waals surface area contributed by atoms with Gasteiger partial charge in [0.2, 0.25) is 0 Å². The van der Waals surface area contributed by atoms with Crippen molar-refractivity contribution in [2.24, 2.45) is 0 Å². The molecule has 0 spiro atoms. The van der Waals surface area contributed by atoms with Crippen molar-refractivity contribution in [2.75, 3.05) is 6.61 Å². The Labute approximate surface area is 168 Å². The zero-order valence-corrected chi connectivity index (χ0v) is 16.8. The molecule has 0 fully saturated rings. The van der Waals surface area contributed by atoms with E-state index in [1.807, 2.05) is 37.5 Å². The molecule has 2 N–H and O–H groups in total. The molecule has 1 aliphatic carbocycles. The van der Waals surface area contributed by atoms with Crippen LogP contribution >= 0.6 is 0 Å². The maximum absolute atomic E-state index is 12.4. The van der Waals surface area contributed by atoms with Crippen LogP contribution in [-0.4, -0.2) is 32.3 Å². The fourth-order valence-electron chi connectivity index (χ4n) is 3.24. The zero-order chi connectivity index (χ0) is 21.1. The minimum Gasteiger partial charge on any atom is -0.478 e. The summed E-state index contributed by atoms with van der Waals surface area (Å²) in [6.45, 7) is 6.10. The largest absolute Gasteiger partial charge is 0.478 e. The third kappa shape index (κ3) is 4.27. The second kappa shape index (κ2) is 8.41. The molecule has 6 nitrogen and oxygen atoms in total.